The van der Waals surface area contributed by atoms with Gasteiger partial charge in [0.15, 0.2) is 0 Å². The fourth-order valence-corrected chi connectivity index (χ4v) is 3.53. The van der Waals surface area contributed by atoms with E-state index in [1.165, 1.54) is 12.8 Å². The summed E-state index contributed by atoms with van der Waals surface area (Å²) < 4.78 is 10.9. The lowest BCUT2D eigenvalue weighted by molar-refractivity contribution is -0.178. The van der Waals surface area contributed by atoms with E-state index in [1.807, 2.05) is 0 Å². The van der Waals surface area contributed by atoms with E-state index in [1.54, 1.807) is 0 Å². The second-order valence-corrected chi connectivity index (χ2v) is 6.47. The van der Waals surface area contributed by atoms with Crippen molar-refractivity contribution in [3.63, 3.8) is 0 Å². The Hall–Kier alpha value is -0.570. The average molecular weight is 268 g/mol. The number of carbonyl (C=O) groups is 1. The summed E-state index contributed by atoms with van der Waals surface area (Å²) in [5, 5.41) is 0. The molecule has 2 aliphatic rings. The Morgan fingerprint density at radius 1 is 1.32 bits per heavy atom. The average Bonchev–Trinajstić information content (AvgIpc) is 2.90. The fourth-order valence-electron chi connectivity index (χ4n) is 3.53. The van der Waals surface area contributed by atoms with Crippen LogP contribution in [0.5, 0.6) is 0 Å². The molecule has 1 aliphatic carbocycles. The Balaban J connectivity index is 1.89. The van der Waals surface area contributed by atoms with Crippen LogP contribution in [0.25, 0.3) is 0 Å². The van der Waals surface area contributed by atoms with Crippen molar-refractivity contribution in [2.75, 3.05) is 6.61 Å². The molecule has 0 aromatic heterocycles. The van der Waals surface area contributed by atoms with Crippen LogP contribution in [0, 0.1) is 23.7 Å². The Kier molecular flexibility index (Phi) is 5.26. The highest BCUT2D eigenvalue weighted by atomic mass is 16.7. The van der Waals surface area contributed by atoms with Crippen molar-refractivity contribution in [3.05, 3.63) is 0 Å². The molecule has 2 fully saturated rings. The zero-order valence-corrected chi connectivity index (χ0v) is 12.6. The molecule has 0 spiro atoms. The summed E-state index contributed by atoms with van der Waals surface area (Å²) in [6, 6.07) is 0. The predicted octanol–water partition coefficient (Wildman–Crippen LogP) is 3.76. The number of esters is 1. The minimum atomic E-state index is -0.271. The van der Waals surface area contributed by atoms with Crippen LogP contribution >= 0.6 is 0 Å². The largest absolute Gasteiger partial charge is 0.436 e. The van der Waals surface area contributed by atoms with E-state index in [2.05, 4.69) is 20.8 Å². The zero-order chi connectivity index (χ0) is 13.8. The highest BCUT2D eigenvalue weighted by molar-refractivity contribution is 5.73. The SMILES string of the molecule is CCC1CC(C(C)C)CCC1C(=O)OC1CCCO1. The molecule has 3 nitrogen and oxygen atoms in total. The summed E-state index contributed by atoms with van der Waals surface area (Å²) >= 11 is 0. The third kappa shape index (κ3) is 3.71. The Morgan fingerprint density at radius 2 is 2.11 bits per heavy atom. The van der Waals surface area contributed by atoms with Crippen LogP contribution in [0.15, 0.2) is 0 Å². The van der Waals surface area contributed by atoms with E-state index in [4.69, 9.17) is 9.47 Å². The van der Waals surface area contributed by atoms with Crippen LogP contribution < -0.4 is 0 Å². The lowest BCUT2D eigenvalue weighted by atomic mass is 9.70. The van der Waals surface area contributed by atoms with Gasteiger partial charge in [0.05, 0.1) is 12.5 Å². The van der Waals surface area contributed by atoms with Crippen LogP contribution in [-0.4, -0.2) is 18.9 Å². The van der Waals surface area contributed by atoms with Crippen molar-refractivity contribution >= 4 is 5.97 Å². The van der Waals surface area contributed by atoms with E-state index in [9.17, 15) is 4.79 Å². The van der Waals surface area contributed by atoms with Gasteiger partial charge in [-0.25, -0.2) is 0 Å². The van der Waals surface area contributed by atoms with E-state index in [0.29, 0.717) is 5.92 Å². The van der Waals surface area contributed by atoms with Gasteiger partial charge in [0.2, 0.25) is 6.29 Å². The van der Waals surface area contributed by atoms with Crippen LogP contribution in [-0.2, 0) is 14.3 Å². The molecule has 0 aromatic rings. The van der Waals surface area contributed by atoms with Gasteiger partial charge >= 0.3 is 5.97 Å². The number of ether oxygens (including phenoxy) is 2. The first-order chi connectivity index (χ1) is 9.11. The molecular formula is C16H28O3. The number of hydrogen-bond acceptors (Lipinski definition) is 3. The summed E-state index contributed by atoms with van der Waals surface area (Å²) in [7, 11) is 0. The Labute approximate surface area is 117 Å². The molecule has 0 N–H and O–H groups in total. The quantitative estimate of drug-likeness (QED) is 0.728. The molecule has 0 radical (unpaired) electrons. The van der Waals surface area contributed by atoms with Crippen LogP contribution in [0.2, 0.25) is 0 Å². The molecule has 1 aliphatic heterocycles. The van der Waals surface area contributed by atoms with Gasteiger partial charge in [-0.15, -0.1) is 0 Å². The summed E-state index contributed by atoms with van der Waals surface area (Å²) in [4.78, 5) is 12.3. The third-order valence-corrected chi connectivity index (χ3v) is 4.93. The summed E-state index contributed by atoms with van der Waals surface area (Å²) in [6.07, 6.45) is 6.02. The summed E-state index contributed by atoms with van der Waals surface area (Å²) in [6.45, 7) is 7.51. The molecule has 110 valence electrons. The first kappa shape index (κ1) is 14.8. The molecule has 3 heteroatoms. The third-order valence-electron chi connectivity index (χ3n) is 4.93. The topological polar surface area (TPSA) is 35.5 Å². The maximum Gasteiger partial charge on any atom is 0.311 e. The van der Waals surface area contributed by atoms with Gasteiger partial charge in [-0.05, 0) is 43.4 Å². The van der Waals surface area contributed by atoms with E-state index < -0.39 is 0 Å². The minimum Gasteiger partial charge on any atom is -0.436 e. The summed E-state index contributed by atoms with van der Waals surface area (Å²) in [5.41, 5.74) is 0. The van der Waals surface area contributed by atoms with Gasteiger partial charge in [0, 0.05) is 6.42 Å². The fraction of sp³-hybridized carbons (Fsp3) is 0.938. The predicted molar refractivity (Wildman–Crippen MR) is 74.5 cm³/mol. The maximum atomic E-state index is 12.3. The highest BCUT2D eigenvalue weighted by Gasteiger charge is 2.37. The molecule has 0 amide bonds. The zero-order valence-electron chi connectivity index (χ0n) is 12.6. The molecule has 0 aromatic carbocycles. The second kappa shape index (κ2) is 6.74. The Bertz CT molecular complexity index is 294. The van der Waals surface area contributed by atoms with E-state index in [-0.39, 0.29) is 18.2 Å². The monoisotopic (exact) mass is 268 g/mol. The standard InChI is InChI=1S/C16H28O3/c1-4-12-10-13(11(2)3)7-8-14(12)16(17)19-15-6-5-9-18-15/h11-15H,4-10H2,1-3H3. The number of carbonyl (C=O) groups excluding carboxylic acids is 1. The first-order valence-corrected chi connectivity index (χ1v) is 7.93. The highest BCUT2D eigenvalue weighted by Crippen LogP contribution is 2.40. The van der Waals surface area contributed by atoms with Crippen molar-refractivity contribution in [1.29, 1.82) is 0 Å². The lowest BCUT2D eigenvalue weighted by Crippen LogP contribution is -2.34. The molecule has 1 saturated heterocycles. The summed E-state index contributed by atoms with van der Waals surface area (Å²) in [5.74, 6) is 2.08. The Morgan fingerprint density at radius 3 is 2.68 bits per heavy atom. The van der Waals surface area contributed by atoms with E-state index in [0.717, 1.165) is 44.1 Å². The van der Waals surface area contributed by atoms with Crippen LogP contribution in [0.4, 0.5) is 0 Å². The van der Waals surface area contributed by atoms with Crippen molar-refractivity contribution in [2.24, 2.45) is 23.7 Å². The molecule has 4 atom stereocenters. The molecular weight excluding hydrogens is 240 g/mol. The van der Waals surface area contributed by atoms with Crippen molar-refractivity contribution in [1.82, 2.24) is 0 Å². The number of hydrogen-bond donors (Lipinski definition) is 0. The van der Waals surface area contributed by atoms with Gasteiger partial charge in [-0.3, -0.25) is 4.79 Å². The van der Waals surface area contributed by atoms with Gasteiger partial charge in [-0.2, -0.15) is 0 Å². The lowest BCUT2D eigenvalue weighted by Gasteiger charge is -2.36. The molecule has 1 heterocycles. The van der Waals surface area contributed by atoms with Gasteiger partial charge in [0.1, 0.15) is 0 Å². The first-order valence-electron chi connectivity index (χ1n) is 7.93. The second-order valence-electron chi connectivity index (χ2n) is 6.47. The molecule has 1 saturated carbocycles. The van der Waals surface area contributed by atoms with Crippen molar-refractivity contribution < 1.29 is 14.3 Å². The van der Waals surface area contributed by atoms with E-state index >= 15 is 0 Å². The number of rotatable bonds is 4. The molecule has 2 rings (SSSR count). The maximum absolute atomic E-state index is 12.3. The molecule has 4 unspecified atom stereocenters. The van der Waals surface area contributed by atoms with Crippen LogP contribution in [0.3, 0.4) is 0 Å². The minimum absolute atomic E-state index is 0.0130. The van der Waals surface area contributed by atoms with Crippen molar-refractivity contribution in [3.8, 4) is 0 Å². The van der Waals surface area contributed by atoms with Crippen molar-refractivity contribution in [2.45, 2.75) is 65.6 Å². The van der Waals surface area contributed by atoms with Crippen LogP contribution in [0.1, 0.15) is 59.3 Å². The molecule has 19 heavy (non-hydrogen) atoms. The smallest absolute Gasteiger partial charge is 0.311 e. The van der Waals surface area contributed by atoms with Gasteiger partial charge in [-0.1, -0.05) is 27.2 Å². The van der Waals surface area contributed by atoms with Gasteiger partial charge < -0.3 is 9.47 Å². The molecule has 0 bridgehead atoms. The normalized spacial score (nSPS) is 35.6. The van der Waals surface area contributed by atoms with Gasteiger partial charge in [0.25, 0.3) is 0 Å².